The van der Waals surface area contributed by atoms with Crippen LogP contribution in [0.3, 0.4) is 0 Å². The predicted molar refractivity (Wildman–Crippen MR) is 60.0 cm³/mol. The lowest BCUT2D eigenvalue weighted by Gasteiger charge is -2.24. The molecule has 1 aromatic heterocycles. The highest BCUT2D eigenvalue weighted by atomic mass is 79.9. The third-order valence-corrected chi connectivity index (χ3v) is 2.26. The normalized spacial score (nSPS) is 13.6. The molecule has 2 nitrogen and oxygen atoms in total. The van der Waals surface area contributed by atoms with E-state index in [1.165, 1.54) is 0 Å². The van der Waals surface area contributed by atoms with Crippen molar-refractivity contribution in [1.82, 2.24) is 0 Å². The molecule has 0 saturated heterocycles. The molecule has 13 heavy (non-hydrogen) atoms. The van der Waals surface area contributed by atoms with Crippen LogP contribution in [0.4, 0.5) is 0 Å². The molecule has 0 aliphatic carbocycles. The molecule has 0 saturated carbocycles. The molecule has 0 aliphatic rings. The summed E-state index contributed by atoms with van der Waals surface area (Å²) >= 11 is 3.24. The summed E-state index contributed by atoms with van der Waals surface area (Å²) in [6.45, 7) is 6.27. The van der Waals surface area contributed by atoms with Gasteiger partial charge in [0, 0.05) is 0 Å². The lowest BCUT2D eigenvalue weighted by Crippen LogP contribution is -2.25. The van der Waals surface area contributed by atoms with Crippen molar-refractivity contribution in [1.29, 1.82) is 0 Å². The van der Waals surface area contributed by atoms with Gasteiger partial charge in [-0.15, -0.1) is 12.4 Å². The molecule has 0 amide bonds. The van der Waals surface area contributed by atoms with E-state index in [4.69, 9.17) is 10.2 Å². The summed E-state index contributed by atoms with van der Waals surface area (Å²) in [6.07, 6.45) is 0. The number of halogens is 2. The molecule has 76 valence electrons. The molecular weight excluding hydrogens is 253 g/mol. The molecular formula is C9H15BrClNO. The van der Waals surface area contributed by atoms with E-state index in [2.05, 4.69) is 36.7 Å². The first kappa shape index (κ1) is 13.0. The average molecular weight is 269 g/mol. The zero-order valence-corrected chi connectivity index (χ0v) is 10.4. The van der Waals surface area contributed by atoms with Gasteiger partial charge in [-0.05, 0) is 33.5 Å². The van der Waals surface area contributed by atoms with Crippen LogP contribution >= 0.6 is 28.3 Å². The van der Waals surface area contributed by atoms with Crippen LogP contribution < -0.4 is 5.73 Å². The van der Waals surface area contributed by atoms with Gasteiger partial charge in [-0.25, -0.2) is 0 Å². The lowest BCUT2D eigenvalue weighted by molar-refractivity contribution is 0.282. The smallest absolute Gasteiger partial charge is 0.169 e. The quantitative estimate of drug-likeness (QED) is 0.846. The minimum Gasteiger partial charge on any atom is -0.453 e. The summed E-state index contributed by atoms with van der Waals surface area (Å²) in [4.78, 5) is 0. The Morgan fingerprint density at radius 2 is 1.92 bits per heavy atom. The Hall–Kier alpha value is 0.01000. The number of hydrogen-bond acceptors (Lipinski definition) is 2. The van der Waals surface area contributed by atoms with Crippen molar-refractivity contribution in [3.05, 3.63) is 22.6 Å². The monoisotopic (exact) mass is 267 g/mol. The standard InChI is InChI=1S/C9H14BrNO.ClH/c1-9(2,3)8(11)6-4-5-7(10)12-6;/h4-5,8H,11H2,1-3H3;1H/t8-;/m0./s1. The van der Waals surface area contributed by atoms with Crippen molar-refractivity contribution in [3.8, 4) is 0 Å². The molecule has 1 rings (SSSR count). The fraction of sp³-hybridized carbons (Fsp3) is 0.556. The van der Waals surface area contributed by atoms with Crippen LogP contribution in [0.25, 0.3) is 0 Å². The third-order valence-electron chi connectivity index (χ3n) is 1.83. The van der Waals surface area contributed by atoms with Crippen molar-refractivity contribution in [2.75, 3.05) is 0 Å². The Balaban J connectivity index is 0.00000144. The Bertz CT molecular complexity index is 267. The first-order chi connectivity index (χ1) is 5.41. The van der Waals surface area contributed by atoms with E-state index in [1.54, 1.807) is 0 Å². The molecule has 1 heterocycles. The van der Waals surface area contributed by atoms with Crippen LogP contribution in [-0.2, 0) is 0 Å². The summed E-state index contributed by atoms with van der Waals surface area (Å²) < 4.78 is 6.10. The maximum atomic E-state index is 5.97. The molecule has 1 aromatic rings. The first-order valence-electron chi connectivity index (χ1n) is 3.92. The van der Waals surface area contributed by atoms with E-state index in [9.17, 15) is 0 Å². The van der Waals surface area contributed by atoms with Crippen molar-refractivity contribution in [2.45, 2.75) is 26.8 Å². The van der Waals surface area contributed by atoms with Gasteiger partial charge in [0.2, 0.25) is 0 Å². The van der Waals surface area contributed by atoms with Crippen molar-refractivity contribution >= 4 is 28.3 Å². The van der Waals surface area contributed by atoms with Gasteiger partial charge in [0.1, 0.15) is 5.76 Å². The van der Waals surface area contributed by atoms with Crippen LogP contribution in [0.5, 0.6) is 0 Å². The van der Waals surface area contributed by atoms with Gasteiger partial charge in [-0.3, -0.25) is 0 Å². The summed E-state index contributed by atoms with van der Waals surface area (Å²) in [5.41, 5.74) is 6.01. The molecule has 1 atom stereocenters. The van der Waals surface area contributed by atoms with Gasteiger partial charge in [0.05, 0.1) is 6.04 Å². The lowest BCUT2D eigenvalue weighted by atomic mass is 9.86. The Labute approximate surface area is 93.4 Å². The topological polar surface area (TPSA) is 39.2 Å². The molecule has 4 heteroatoms. The number of nitrogens with two attached hydrogens (primary N) is 1. The fourth-order valence-electron chi connectivity index (χ4n) is 0.922. The molecule has 0 spiro atoms. The Kier molecular flexibility index (Phi) is 4.49. The second-order valence-corrected chi connectivity index (χ2v) is 4.77. The third kappa shape index (κ3) is 3.33. The molecule has 0 aromatic carbocycles. The highest BCUT2D eigenvalue weighted by molar-refractivity contribution is 9.10. The highest BCUT2D eigenvalue weighted by Crippen LogP contribution is 2.32. The zero-order valence-electron chi connectivity index (χ0n) is 8.00. The van der Waals surface area contributed by atoms with Gasteiger partial charge in [-0.2, -0.15) is 0 Å². The first-order valence-corrected chi connectivity index (χ1v) is 4.71. The summed E-state index contributed by atoms with van der Waals surface area (Å²) in [7, 11) is 0. The van der Waals surface area contributed by atoms with Crippen molar-refractivity contribution < 1.29 is 4.42 Å². The molecule has 0 unspecified atom stereocenters. The van der Waals surface area contributed by atoms with Gasteiger partial charge < -0.3 is 10.2 Å². The zero-order chi connectivity index (χ0) is 9.35. The number of hydrogen-bond donors (Lipinski definition) is 1. The van der Waals surface area contributed by atoms with Crippen LogP contribution in [-0.4, -0.2) is 0 Å². The minimum absolute atomic E-state index is 0. The molecule has 0 bridgehead atoms. The van der Waals surface area contributed by atoms with Crippen LogP contribution in [0.2, 0.25) is 0 Å². The fourth-order valence-corrected chi connectivity index (χ4v) is 1.24. The van der Waals surface area contributed by atoms with Crippen LogP contribution in [0, 0.1) is 5.41 Å². The number of rotatable bonds is 1. The Morgan fingerprint density at radius 3 is 2.23 bits per heavy atom. The van der Waals surface area contributed by atoms with E-state index in [-0.39, 0.29) is 23.9 Å². The molecule has 0 fully saturated rings. The second-order valence-electron chi connectivity index (χ2n) is 3.99. The summed E-state index contributed by atoms with van der Waals surface area (Å²) in [5.74, 6) is 0.828. The largest absolute Gasteiger partial charge is 0.453 e. The second kappa shape index (κ2) is 4.49. The van der Waals surface area contributed by atoms with E-state index in [0.29, 0.717) is 0 Å². The highest BCUT2D eigenvalue weighted by Gasteiger charge is 2.24. The summed E-state index contributed by atoms with van der Waals surface area (Å²) in [6, 6.07) is 3.71. The van der Waals surface area contributed by atoms with E-state index >= 15 is 0 Å². The maximum absolute atomic E-state index is 5.97. The maximum Gasteiger partial charge on any atom is 0.169 e. The van der Waals surface area contributed by atoms with E-state index in [0.717, 1.165) is 10.4 Å². The average Bonchev–Trinajstić information content (AvgIpc) is 2.32. The molecule has 0 aliphatic heterocycles. The van der Waals surface area contributed by atoms with Crippen LogP contribution in [0.1, 0.15) is 32.6 Å². The van der Waals surface area contributed by atoms with Gasteiger partial charge >= 0.3 is 0 Å². The van der Waals surface area contributed by atoms with Crippen LogP contribution in [0.15, 0.2) is 21.2 Å². The van der Waals surface area contributed by atoms with Crippen molar-refractivity contribution in [2.24, 2.45) is 11.1 Å². The predicted octanol–water partition coefficient (Wildman–Crippen LogP) is 3.51. The van der Waals surface area contributed by atoms with Gasteiger partial charge in [0.15, 0.2) is 4.67 Å². The van der Waals surface area contributed by atoms with E-state index in [1.807, 2.05) is 12.1 Å². The SMILES string of the molecule is CC(C)(C)[C@@H](N)c1ccc(Br)o1.Cl. The van der Waals surface area contributed by atoms with E-state index < -0.39 is 0 Å². The molecule has 2 N–H and O–H groups in total. The summed E-state index contributed by atoms with van der Waals surface area (Å²) in [5, 5.41) is 0. The van der Waals surface area contributed by atoms with Gasteiger partial charge in [0.25, 0.3) is 0 Å². The minimum atomic E-state index is -0.0520. The Morgan fingerprint density at radius 1 is 1.38 bits per heavy atom. The molecule has 0 radical (unpaired) electrons. The van der Waals surface area contributed by atoms with Crippen molar-refractivity contribution in [3.63, 3.8) is 0 Å². The number of furan rings is 1. The van der Waals surface area contributed by atoms with Gasteiger partial charge in [-0.1, -0.05) is 20.8 Å².